The minimum atomic E-state index is -0.614. The highest BCUT2D eigenvalue weighted by molar-refractivity contribution is 9.10. The Morgan fingerprint density at radius 3 is 2.59 bits per heavy atom. The predicted octanol–water partition coefficient (Wildman–Crippen LogP) is 6.72. The summed E-state index contributed by atoms with van der Waals surface area (Å²) in [6.45, 7) is 0. The van der Waals surface area contributed by atoms with Gasteiger partial charge >= 0.3 is 0 Å². The molecule has 146 valence electrons. The van der Waals surface area contributed by atoms with Crippen molar-refractivity contribution in [1.82, 2.24) is 15.2 Å². The van der Waals surface area contributed by atoms with E-state index in [0.29, 0.717) is 26.7 Å². The third kappa shape index (κ3) is 4.58. The third-order valence-corrected chi connectivity index (χ3v) is 4.89. The fourth-order valence-corrected chi connectivity index (χ4v) is 3.62. The molecular formula is C20H11BrCl2FN3O2. The van der Waals surface area contributed by atoms with Gasteiger partial charge in [0, 0.05) is 33.0 Å². The Morgan fingerprint density at radius 2 is 1.83 bits per heavy atom. The number of hydrogen-bond donors (Lipinski definition) is 0. The summed E-state index contributed by atoms with van der Waals surface area (Å²) in [6, 6.07) is 11.5. The first-order chi connectivity index (χ1) is 14.0. The van der Waals surface area contributed by atoms with E-state index in [4.69, 9.17) is 32.4 Å². The number of halogens is 4. The van der Waals surface area contributed by atoms with Crippen LogP contribution in [0, 0.1) is 5.82 Å². The molecule has 9 heteroatoms. The van der Waals surface area contributed by atoms with Crippen LogP contribution >= 0.6 is 39.1 Å². The van der Waals surface area contributed by atoms with E-state index in [0.717, 1.165) is 5.56 Å². The first-order valence-electron chi connectivity index (χ1n) is 8.33. The van der Waals surface area contributed by atoms with E-state index in [2.05, 4.69) is 31.1 Å². The standard InChI is InChI=1S/C20H11BrCl2FN3O2/c21-13-8-14(22)10-15(9-13)28-19-16(23)2-1-12(18(19)24)7-17-26-27-20(29-17)11-3-5-25-6-4-11/h1-6,8-10H,7H2. The fraction of sp³-hybridized carbons (Fsp3) is 0.0500. The lowest BCUT2D eigenvalue weighted by Crippen LogP contribution is -1.98. The minimum absolute atomic E-state index is 0.0800. The molecule has 2 aromatic heterocycles. The Bertz CT molecular complexity index is 1150. The van der Waals surface area contributed by atoms with Crippen LogP contribution in [0.3, 0.4) is 0 Å². The maximum absolute atomic E-state index is 15.1. The van der Waals surface area contributed by atoms with Crippen LogP contribution in [0.1, 0.15) is 11.5 Å². The average molecular weight is 495 g/mol. The molecule has 2 aromatic carbocycles. The molecule has 2 heterocycles. The molecule has 0 aliphatic rings. The van der Waals surface area contributed by atoms with Gasteiger partial charge in [-0.05, 0) is 36.4 Å². The second kappa shape index (κ2) is 8.49. The van der Waals surface area contributed by atoms with Crippen LogP contribution < -0.4 is 4.74 Å². The lowest BCUT2D eigenvalue weighted by molar-refractivity contribution is 0.437. The summed E-state index contributed by atoms with van der Waals surface area (Å²) < 4.78 is 27.1. The van der Waals surface area contributed by atoms with E-state index in [1.54, 1.807) is 54.9 Å². The highest BCUT2D eigenvalue weighted by Gasteiger charge is 2.18. The predicted molar refractivity (Wildman–Crippen MR) is 111 cm³/mol. The van der Waals surface area contributed by atoms with Crippen LogP contribution in [0.15, 0.2) is 63.7 Å². The molecule has 0 N–H and O–H groups in total. The molecule has 0 fully saturated rings. The van der Waals surface area contributed by atoms with Crippen molar-refractivity contribution in [1.29, 1.82) is 0 Å². The maximum atomic E-state index is 15.1. The van der Waals surface area contributed by atoms with E-state index >= 15 is 4.39 Å². The van der Waals surface area contributed by atoms with Crippen molar-refractivity contribution in [2.45, 2.75) is 6.42 Å². The quantitative estimate of drug-likeness (QED) is 0.308. The molecule has 0 radical (unpaired) electrons. The molecule has 4 rings (SSSR count). The smallest absolute Gasteiger partial charge is 0.247 e. The number of ether oxygens (including phenoxy) is 1. The van der Waals surface area contributed by atoms with Gasteiger partial charge in [0.2, 0.25) is 11.8 Å². The first-order valence-corrected chi connectivity index (χ1v) is 9.88. The second-order valence-corrected chi connectivity index (χ2v) is 7.73. The summed E-state index contributed by atoms with van der Waals surface area (Å²) in [5.41, 5.74) is 1.03. The molecule has 4 aromatic rings. The minimum Gasteiger partial charge on any atom is -0.453 e. The Balaban J connectivity index is 1.61. The van der Waals surface area contributed by atoms with Gasteiger partial charge in [0.15, 0.2) is 11.6 Å². The number of pyridine rings is 1. The zero-order chi connectivity index (χ0) is 20.4. The second-order valence-electron chi connectivity index (χ2n) is 5.97. The first kappa shape index (κ1) is 19.8. The topological polar surface area (TPSA) is 61.0 Å². The summed E-state index contributed by atoms with van der Waals surface area (Å²) in [5, 5.41) is 8.55. The Kier molecular flexibility index (Phi) is 5.80. The molecule has 0 bridgehead atoms. The van der Waals surface area contributed by atoms with E-state index < -0.39 is 5.82 Å². The molecule has 0 saturated heterocycles. The van der Waals surface area contributed by atoms with Crippen molar-refractivity contribution in [3.63, 3.8) is 0 Å². The van der Waals surface area contributed by atoms with E-state index in [-0.39, 0.29) is 23.1 Å². The van der Waals surface area contributed by atoms with Crippen molar-refractivity contribution in [2.75, 3.05) is 0 Å². The van der Waals surface area contributed by atoms with Gasteiger partial charge in [0.05, 0.1) is 11.4 Å². The van der Waals surface area contributed by atoms with Crippen LogP contribution in [0.4, 0.5) is 4.39 Å². The number of rotatable bonds is 5. The Labute approximate surface area is 183 Å². The summed E-state index contributed by atoms with van der Waals surface area (Å²) in [4.78, 5) is 3.94. The van der Waals surface area contributed by atoms with Gasteiger partial charge in [-0.2, -0.15) is 0 Å². The molecule has 0 amide bonds. The largest absolute Gasteiger partial charge is 0.453 e. The van der Waals surface area contributed by atoms with Gasteiger partial charge < -0.3 is 9.15 Å². The van der Waals surface area contributed by atoms with Crippen molar-refractivity contribution in [3.8, 4) is 23.0 Å². The van der Waals surface area contributed by atoms with Gasteiger partial charge in [-0.15, -0.1) is 10.2 Å². The number of benzene rings is 2. The van der Waals surface area contributed by atoms with E-state index in [1.807, 2.05) is 0 Å². The highest BCUT2D eigenvalue weighted by atomic mass is 79.9. The number of hydrogen-bond acceptors (Lipinski definition) is 5. The van der Waals surface area contributed by atoms with Gasteiger partial charge in [-0.3, -0.25) is 4.98 Å². The molecule has 0 atom stereocenters. The van der Waals surface area contributed by atoms with Crippen LogP contribution in [-0.2, 0) is 6.42 Å². The third-order valence-electron chi connectivity index (χ3n) is 3.92. The van der Waals surface area contributed by atoms with E-state index in [1.165, 1.54) is 0 Å². The number of nitrogens with zero attached hydrogens (tertiary/aromatic N) is 3. The van der Waals surface area contributed by atoms with Crippen LogP contribution in [0.5, 0.6) is 11.5 Å². The monoisotopic (exact) mass is 493 g/mol. The van der Waals surface area contributed by atoms with Gasteiger partial charge in [0.1, 0.15) is 5.75 Å². The van der Waals surface area contributed by atoms with Crippen molar-refractivity contribution in [3.05, 3.63) is 86.6 Å². The van der Waals surface area contributed by atoms with Crippen LogP contribution in [-0.4, -0.2) is 15.2 Å². The fourth-order valence-electron chi connectivity index (χ4n) is 2.61. The molecule has 0 unspecified atom stereocenters. The number of aromatic nitrogens is 3. The van der Waals surface area contributed by atoms with Gasteiger partial charge in [-0.25, -0.2) is 4.39 Å². The maximum Gasteiger partial charge on any atom is 0.247 e. The van der Waals surface area contributed by atoms with Gasteiger partial charge in [0.25, 0.3) is 0 Å². The lowest BCUT2D eigenvalue weighted by Gasteiger charge is -2.12. The molecule has 0 saturated carbocycles. The zero-order valence-electron chi connectivity index (χ0n) is 14.6. The SMILES string of the molecule is Fc1c(Cc2nnc(-c3ccncc3)o2)ccc(Cl)c1Oc1cc(Cl)cc(Br)c1. The summed E-state index contributed by atoms with van der Waals surface area (Å²) in [6.07, 6.45) is 3.32. The lowest BCUT2D eigenvalue weighted by atomic mass is 10.1. The molecule has 5 nitrogen and oxygen atoms in total. The summed E-state index contributed by atoms with van der Waals surface area (Å²) >= 11 is 15.5. The summed E-state index contributed by atoms with van der Waals surface area (Å²) in [7, 11) is 0. The molecule has 0 aliphatic carbocycles. The summed E-state index contributed by atoms with van der Waals surface area (Å²) in [5.74, 6) is 0.219. The van der Waals surface area contributed by atoms with Crippen molar-refractivity contribution < 1.29 is 13.5 Å². The zero-order valence-corrected chi connectivity index (χ0v) is 17.7. The Hall–Kier alpha value is -2.48. The molecular weight excluding hydrogens is 484 g/mol. The molecule has 29 heavy (non-hydrogen) atoms. The molecule has 0 aliphatic heterocycles. The average Bonchev–Trinajstić information content (AvgIpc) is 3.16. The Morgan fingerprint density at radius 1 is 1.03 bits per heavy atom. The normalized spacial score (nSPS) is 10.9. The molecule has 0 spiro atoms. The van der Waals surface area contributed by atoms with Crippen LogP contribution in [0.25, 0.3) is 11.5 Å². The van der Waals surface area contributed by atoms with Crippen molar-refractivity contribution in [2.24, 2.45) is 0 Å². The van der Waals surface area contributed by atoms with Crippen LogP contribution in [0.2, 0.25) is 10.0 Å². The van der Waals surface area contributed by atoms with Gasteiger partial charge in [-0.1, -0.05) is 45.2 Å². The van der Waals surface area contributed by atoms with E-state index in [9.17, 15) is 0 Å². The highest BCUT2D eigenvalue weighted by Crippen LogP contribution is 2.36. The van der Waals surface area contributed by atoms with Crippen molar-refractivity contribution >= 4 is 39.1 Å².